The SMILES string of the molecule is NC(=S)c1cc(Cl)ccc1-n1nnc2ccccc21. The van der Waals surface area contributed by atoms with Crippen LogP contribution in [0.3, 0.4) is 0 Å². The lowest BCUT2D eigenvalue weighted by Gasteiger charge is -2.09. The molecule has 0 aliphatic heterocycles. The monoisotopic (exact) mass is 288 g/mol. The lowest BCUT2D eigenvalue weighted by atomic mass is 10.1. The lowest BCUT2D eigenvalue weighted by Crippen LogP contribution is -2.14. The Kier molecular flexibility index (Phi) is 2.93. The van der Waals surface area contributed by atoms with Crippen LogP contribution in [0.2, 0.25) is 5.02 Å². The van der Waals surface area contributed by atoms with Crippen molar-refractivity contribution in [3.05, 3.63) is 53.1 Å². The van der Waals surface area contributed by atoms with Crippen molar-refractivity contribution < 1.29 is 0 Å². The fourth-order valence-corrected chi connectivity index (χ4v) is 2.27. The second-order valence-electron chi connectivity index (χ2n) is 4.02. The zero-order valence-electron chi connectivity index (χ0n) is 9.75. The van der Waals surface area contributed by atoms with Crippen molar-refractivity contribution in [2.24, 2.45) is 5.73 Å². The maximum absolute atomic E-state index is 5.98. The third kappa shape index (κ3) is 2.07. The fraction of sp³-hybridized carbons (Fsp3) is 0. The molecule has 3 rings (SSSR count). The molecule has 0 radical (unpaired) electrons. The molecule has 0 amide bonds. The number of hydrogen-bond acceptors (Lipinski definition) is 3. The highest BCUT2D eigenvalue weighted by atomic mass is 35.5. The van der Waals surface area contributed by atoms with Gasteiger partial charge in [-0.3, -0.25) is 0 Å². The molecule has 0 unspecified atom stereocenters. The molecule has 19 heavy (non-hydrogen) atoms. The third-order valence-electron chi connectivity index (χ3n) is 2.80. The summed E-state index contributed by atoms with van der Waals surface area (Å²) in [4.78, 5) is 0.275. The van der Waals surface area contributed by atoms with Gasteiger partial charge in [0.2, 0.25) is 0 Å². The topological polar surface area (TPSA) is 56.7 Å². The maximum Gasteiger partial charge on any atom is 0.113 e. The number of para-hydroxylation sites is 1. The molecule has 4 nitrogen and oxygen atoms in total. The van der Waals surface area contributed by atoms with E-state index in [-0.39, 0.29) is 4.99 Å². The molecule has 1 aromatic heterocycles. The number of fused-ring (bicyclic) bond motifs is 1. The van der Waals surface area contributed by atoms with Crippen LogP contribution >= 0.6 is 23.8 Å². The number of aromatic nitrogens is 3. The first kappa shape index (κ1) is 12.1. The minimum absolute atomic E-state index is 0.275. The molecule has 3 aromatic rings. The van der Waals surface area contributed by atoms with Gasteiger partial charge in [-0.25, -0.2) is 4.68 Å². The van der Waals surface area contributed by atoms with Gasteiger partial charge in [-0.05, 0) is 30.3 Å². The normalized spacial score (nSPS) is 10.8. The summed E-state index contributed by atoms with van der Waals surface area (Å²) in [6, 6.07) is 13.0. The van der Waals surface area contributed by atoms with Gasteiger partial charge in [0.05, 0.1) is 11.2 Å². The Morgan fingerprint density at radius 1 is 1.21 bits per heavy atom. The average Bonchev–Trinajstić information content (AvgIpc) is 2.82. The van der Waals surface area contributed by atoms with E-state index in [1.54, 1.807) is 16.8 Å². The minimum atomic E-state index is 0.275. The molecule has 0 saturated heterocycles. The molecule has 2 aromatic carbocycles. The molecule has 0 saturated carbocycles. The first-order chi connectivity index (χ1) is 9.16. The Morgan fingerprint density at radius 2 is 2.00 bits per heavy atom. The quantitative estimate of drug-likeness (QED) is 0.737. The molecule has 0 aliphatic rings. The molecular weight excluding hydrogens is 280 g/mol. The molecule has 0 spiro atoms. The summed E-state index contributed by atoms with van der Waals surface area (Å²) in [5, 5.41) is 8.84. The summed E-state index contributed by atoms with van der Waals surface area (Å²) in [6.07, 6.45) is 0. The summed E-state index contributed by atoms with van der Waals surface area (Å²) >= 11 is 11.0. The fourth-order valence-electron chi connectivity index (χ4n) is 1.94. The van der Waals surface area contributed by atoms with Crippen LogP contribution in [0.5, 0.6) is 0 Å². The van der Waals surface area contributed by atoms with Crippen molar-refractivity contribution in [3.8, 4) is 5.69 Å². The van der Waals surface area contributed by atoms with Gasteiger partial charge in [-0.2, -0.15) is 0 Å². The first-order valence-electron chi connectivity index (χ1n) is 5.57. The number of nitrogens with zero attached hydrogens (tertiary/aromatic N) is 3. The second kappa shape index (κ2) is 4.60. The lowest BCUT2D eigenvalue weighted by molar-refractivity contribution is 0.823. The number of hydrogen-bond donors (Lipinski definition) is 1. The minimum Gasteiger partial charge on any atom is -0.389 e. The van der Waals surface area contributed by atoms with E-state index in [1.807, 2.05) is 30.3 Å². The highest BCUT2D eigenvalue weighted by Crippen LogP contribution is 2.22. The smallest absolute Gasteiger partial charge is 0.113 e. The van der Waals surface area contributed by atoms with Gasteiger partial charge < -0.3 is 5.73 Å². The maximum atomic E-state index is 5.98. The van der Waals surface area contributed by atoms with Gasteiger partial charge in [0.15, 0.2) is 0 Å². The molecule has 2 N–H and O–H groups in total. The Labute approximate surface area is 119 Å². The van der Waals surface area contributed by atoms with Gasteiger partial charge >= 0.3 is 0 Å². The first-order valence-corrected chi connectivity index (χ1v) is 6.35. The van der Waals surface area contributed by atoms with E-state index in [9.17, 15) is 0 Å². The molecule has 0 bridgehead atoms. The molecule has 6 heteroatoms. The second-order valence-corrected chi connectivity index (χ2v) is 4.89. The number of thiocarbonyl (C=S) groups is 1. The van der Waals surface area contributed by atoms with E-state index in [0.29, 0.717) is 10.6 Å². The van der Waals surface area contributed by atoms with Crippen LogP contribution in [0.4, 0.5) is 0 Å². The van der Waals surface area contributed by atoms with Gasteiger partial charge in [-0.1, -0.05) is 41.2 Å². The Morgan fingerprint density at radius 3 is 2.79 bits per heavy atom. The summed E-state index contributed by atoms with van der Waals surface area (Å²) in [7, 11) is 0. The molecule has 1 heterocycles. The van der Waals surface area contributed by atoms with Crippen LogP contribution in [0, 0.1) is 0 Å². The van der Waals surface area contributed by atoms with Crippen LogP contribution in [-0.4, -0.2) is 20.0 Å². The Hall–Kier alpha value is -1.98. The summed E-state index contributed by atoms with van der Waals surface area (Å²) in [5.41, 5.74) is 8.90. The van der Waals surface area contributed by atoms with E-state index < -0.39 is 0 Å². The van der Waals surface area contributed by atoms with Crippen molar-refractivity contribution in [2.45, 2.75) is 0 Å². The highest BCUT2D eigenvalue weighted by molar-refractivity contribution is 7.80. The van der Waals surface area contributed by atoms with Gasteiger partial charge in [0, 0.05) is 10.6 Å². The van der Waals surface area contributed by atoms with E-state index in [1.165, 1.54) is 0 Å². The average molecular weight is 289 g/mol. The number of halogens is 1. The predicted molar refractivity (Wildman–Crippen MR) is 79.8 cm³/mol. The molecule has 0 aliphatic carbocycles. The van der Waals surface area contributed by atoms with Crippen molar-refractivity contribution in [2.75, 3.05) is 0 Å². The van der Waals surface area contributed by atoms with Gasteiger partial charge in [-0.15, -0.1) is 5.10 Å². The summed E-state index contributed by atoms with van der Waals surface area (Å²) in [6.45, 7) is 0. The zero-order chi connectivity index (χ0) is 13.4. The van der Waals surface area contributed by atoms with Crippen molar-refractivity contribution >= 4 is 39.8 Å². The third-order valence-corrected chi connectivity index (χ3v) is 3.26. The molecule has 0 fully saturated rings. The number of nitrogens with two attached hydrogens (primary N) is 1. The largest absolute Gasteiger partial charge is 0.389 e. The molecule has 0 atom stereocenters. The summed E-state index contributed by atoms with van der Waals surface area (Å²) in [5.74, 6) is 0. The molecule has 94 valence electrons. The van der Waals surface area contributed by atoms with E-state index in [2.05, 4.69) is 10.3 Å². The summed E-state index contributed by atoms with van der Waals surface area (Å²) < 4.78 is 1.71. The van der Waals surface area contributed by atoms with E-state index >= 15 is 0 Å². The van der Waals surface area contributed by atoms with Crippen molar-refractivity contribution in [1.29, 1.82) is 0 Å². The number of rotatable bonds is 2. The van der Waals surface area contributed by atoms with Crippen molar-refractivity contribution in [1.82, 2.24) is 15.0 Å². The zero-order valence-corrected chi connectivity index (χ0v) is 11.3. The van der Waals surface area contributed by atoms with Crippen LogP contribution in [-0.2, 0) is 0 Å². The van der Waals surface area contributed by atoms with Crippen LogP contribution < -0.4 is 5.73 Å². The van der Waals surface area contributed by atoms with Gasteiger partial charge in [0.25, 0.3) is 0 Å². The van der Waals surface area contributed by atoms with E-state index in [0.717, 1.165) is 16.7 Å². The number of benzene rings is 2. The Bertz CT molecular complexity index is 781. The highest BCUT2D eigenvalue weighted by Gasteiger charge is 2.12. The van der Waals surface area contributed by atoms with Crippen LogP contribution in [0.15, 0.2) is 42.5 Å². The van der Waals surface area contributed by atoms with Gasteiger partial charge in [0.1, 0.15) is 10.5 Å². The van der Waals surface area contributed by atoms with Crippen LogP contribution in [0.25, 0.3) is 16.7 Å². The van der Waals surface area contributed by atoms with E-state index in [4.69, 9.17) is 29.6 Å². The Balaban J connectivity index is 2.30. The van der Waals surface area contributed by atoms with Crippen molar-refractivity contribution in [3.63, 3.8) is 0 Å². The van der Waals surface area contributed by atoms with Crippen LogP contribution in [0.1, 0.15) is 5.56 Å². The predicted octanol–water partition coefficient (Wildman–Crippen LogP) is 2.71. The standard InChI is InChI=1S/C13H9ClN4S/c14-8-5-6-11(9(7-8)13(15)19)18-12-4-2-1-3-10(12)16-17-18/h1-7H,(H2,15,19). The molecular formula is C13H9ClN4S.